The maximum absolute atomic E-state index is 10.9. The van der Waals surface area contributed by atoms with E-state index in [1.54, 1.807) is 0 Å². The standard InChI is InChI=1S/C24H29OP/c1-2-3-13-21(25)20-26(22-14-7-4-8-15-22,23-16-9-5-10-17-23)24-18-11-6-12-19-24/h4-12,14-19,21,25-26H,2-3,13,20H2,1H3. The second-order valence-electron chi connectivity index (χ2n) is 7.00. The van der Waals surface area contributed by atoms with Crippen LogP contribution < -0.4 is 15.9 Å². The first-order valence-electron chi connectivity index (χ1n) is 9.62. The van der Waals surface area contributed by atoms with E-state index < -0.39 is 7.26 Å². The third kappa shape index (κ3) is 4.06. The third-order valence-corrected chi connectivity index (χ3v) is 10.3. The molecule has 136 valence electrons. The van der Waals surface area contributed by atoms with E-state index in [2.05, 4.69) is 97.9 Å². The van der Waals surface area contributed by atoms with Crippen LogP contribution in [0.2, 0.25) is 0 Å². The molecule has 0 aromatic heterocycles. The van der Waals surface area contributed by atoms with Gasteiger partial charge in [0.1, 0.15) is 0 Å². The van der Waals surface area contributed by atoms with Crippen molar-refractivity contribution in [3.8, 4) is 0 Å². The quantitative estimate of drug-likeness (QED) is 0.592. The fraction of sp³-hybridized carbons (Fsp3) is 0.250. The molecule has 1 N–H and O–H groups in total. The first-order chi connectivity index (χ1) is 12.8. The monoisotopic (exact) mass is 364 g/mol. The number of aliphatic hydroxyl groups excluding tert-OH is 1. The fourth-order valence-electron chi connectivity index (χ4n) is 3.92. The predicted octanol–water partition coefficient (Wildman–Crippen LogP) is 4.26. The molecule has 0 fully saturated rings. The van der Waals surface area contributed by atoms with Gasteiger partial charge in [0.25, 0.3) is 0 Å². The van der Waals surface area contributed by atoms with Crippen molar-refractivity contribution in [2.24, 2.45) is 0 Å². The van der Waals surface area contributed by atoms with Gasteiger partial charge in [-0.1, -0.05) is 0 Å². The summed E-state index contributed by atoms with van der Waals surface area (Å²) in [6.45, 7) is 2.18. The molecule has 0 radical (unpaired) electrons. The average Bonchev–Trinajstić information content (AvgIpc) is 2.72. The topological polar surface area (TPSA) is 20.2 Å². The molecule has 1 unspecified atom stereocenters. The van der Waals surface area contributed by atoms with Crippen molar-refractivity contribution in [1.82, 2.24) is 0 Å². The van der Waals surface area contributed by atoms with Gasteiger partial charge in [0.15, 0.2) is 0 Å². The SMILES string of the molecule is CCCCC(O)C[PH](c1ccccc1)(c1ccccc1)c1ccccc1. The zero-order valence-corrected chi connectivity index (χ0v) is 16.5. The summed E-state index contributed by atoms with van der Waals surface area (Å²) in [5.74, 6) is 0. The van der Waals surface area contributed by atoms with E-state index in [4.69, 9.17) is 0 Å². The van der Waals surface area contributed by atoms with E-state index in [0.29, 0.717) is 0 Å². The molecule has 26 heavy (non-hydrogen) atoms. The maximum atomic E-state index is 10.9. The Labute approximate surface area is 158 Å². The predicted molar refractivity (Wildman–Crippen MR) is 117 cm³/mol. The first-order valence-corrected chi connectivity index (χ1v) is 11.8. The Balaban J connectivity index is 2.18. The first kappa shape index (κ1) is 18.8. The molecule has 0 saturated heterocycles. The molecule has 0 saturated carbocycles. The molecule has 0 spiro atoms. The third-order valence-electron chi connectivity index (χ3n) is 5.23. The summed E-state index contributed by atoms with van der Waals surface area (Å²) in [6, 6.07) is 32.5. The average molecular weight is 364 g/mol. The Morgan fingerprint density at radius 2 is 1.08 bits per heavy atom. The molecular formula is C24H29OP. The summed E-state index contributed by atoms with van der Waals surface area (Å²) in [6.07, 6.45) is 3.61. The Bertz CT molecular complexity index is 674. The van der Waals surface area contributed by atoms with Crippen molar-refractivity contribution >= 4 is 23.2 Å². The van der Waals surface area contributed by atoms with Gasteiger partial charge in [0.05, 0.1) is 0 Å². The van der Waals surface area contributed by atoms with Crippen LogP contribution in [0.4, 0.5) is 0 Å². The van der Waals surface area contributed by atoms with Crippen LogP contribution >= 0.6 is 7.26 Å². The molecule has 3 rings (SSSR count). The fourth-order valence-corrected chi connectivity index (χ4v) is 8.82. The molecule has 0 bridgehead atoms. The van der Waals surface area contributed by atoms with E-state index >= 15 is 0 Å². The second-order valence-corrected chi connectivity index (χ2v) is 11.0. The number of rotatable bonds is 8. The summed E-state index contributed by atoms with van der Waals surface area (Å²) < 4.78 is 0. The molecule has 1 nitrogen and oxygen atoms in total. The van der Waals surface area contributed by atoms with Crippen molar-refractivity contribution in [3.05, 3.63) is 91.0 Å². The van der Waals surface area contributed by atoms with E-state index in [9.17, 15) is 5.11 Å². The molecule has 0 amide bonds. The molecule has 0 aliphatic carbocycles. The van der Waals surface area contributed by atoms with E-state index in [1.807, 2.05) is 0 Å². The molecule has 0 aliphatic heterocycles. The zero-order chi connectivity index (χ0) is 18.2. The normalized spacial score (nSPS) is 13.3. The van der Waals surface area contributed by atoms with Crippen LogP contribution in [-0.4, -0.2) is 17.4 Å². The van der Waals surface area contributed by atoms with Gasteiger partial charge in [0, 0.05) is 0 Å². The van der Waals surface area contributed by atoms with E-state index in [-0.39, 0.29) is 6.10 Å². The van der Waals surface area contributed by atoms with Gasteiger partial charge in [-0.3, -0.25) is 0 Å². The van der Waals surface area contributed by atoms with Crippen LogP contribution in [0.15, 0.2) is 91.0 Å². The van der Waals surface area contributed by atoms with Crippen molar-refractivity contribution < 1.29 is 5.11 Å². The van der Waals surface area contributed by atoms with Gasteiger partial charge in [-0.25, -0.2) is 0 Å². The summed E-state index contributed by atoms with van der Waals surface area (Å²) in [5.41, 5.74) is 0. The van der Waals surface area contributed by atoms with Crippen LogP contribution in [0.3, 0.4) is 0 Å². The zero-order valence-electron chi connectivity index (χ0n) is 15.5. The number of aliphatic hydroxyl groups is 1. The second kappa shape index (κ2) is 9.12. The van der Waals surface area contributed by atoms with Crippen molar-refractivity contribution in [3.63, 3.8) is 0 Å². The van der Waals surface area contributed by atoms with Crippen LogP contribution in [0.5, 0.6) is 0 Å². The Hall–Kier alpha value is -1.95. The summed E-state index contributed by atoms with van der Waals surface area (Å²) in [4.78, 5) is 0. The summed E-state index contributed by atoms with van der Waals surface area (Å²) >= 11 is 0. The summed E-state index contributed by atoms with van der Waals surface area (Å²) in [7, 11) is -2.29. The molecule has 3 aromatic rings. The van der Waals surface area contributed by atoms with Crippen LogP contribution in [0.1, 0.15) is 26.2 Å². The van der Waals surface area contributed by atoms with Crippen LogP contribution in [0, 0.1) is 0 Å². The van der Waals surface area contributed by atoms with E-state index in [0.717, 1.165) is 25.4 Å². The number of hydrogen-bond acceptors (Lipinski definition) is 1. The molecule has 0 aliphatic rings. The molecule has 3 aromatic carbocycles. The number of unbranched alkanes of at least 4 members (excludes halogenated alkanes) is 1. The van der Waals surface area contributed by atoms with Gasteiger partial charge >= 0.3 is 158 Å². The minimum absolute atomic E-state index is 0.276. The molecule has 2 heteroatoms. The molecule has 1 atom stereocenters. The number of benzene rings is 3. The van der Waals surface area contributed by atoms with Gasteiger partial charge < -0.3 is 0 Å². The Morgan fingerprint density at radius 3 is 1.42 bits per heavy atom. The minimum atomic E-state index is -2.29. The van der Waals surface area contributed by atoms with E-state index in [1.165, 1.54) is 15.9 Å². The van der Waals surface area contributed by atoms with Gasteiger partial charge in [0.2, 0.25) is 0 Å². The van der Waals surface area contributed by atoms with Crippen molar-refractivity contribution in [2.75, 3.05) is 6.16 Å². The number of hydrogen-bond donors (Lipinski definition) is 1. The summed E-state index contributed by atoms with van der Waals surface area (Å²) in [5, 5.41) is 15.0. The van der Waals surface area contributed by atoms with Crippen LogP contribution in [-0.2, 0) is 0 Å². The van der Waals surface area contributed by atoms with Gasteiger partial charge in [-0.15, -0.1) is 0 Å². The van der Waals surface area contributed by atoms with Crippen molar-refractivity contribution in [2.45, 2.75) is 32.3 Å². The molecular weight excluding hydrogens is 335 g/mol. The Morgan fingerprint density at radius 1 is 0.692 bits per heavy atom. The van der Waals surface area contributed by atoms with Gasteiger partial charge in [-0.05, 0) is 0 Å². The molecule has 0 heterocycles. The Kier molecular flexibility index (Phi) is 6.61. The van der Waals surface area contributed by atoms with Crippen LogP contribution in [0.25, 0.3) is 0 Å². The van der Waals surface area contributed by atoms with Gasteiger partial charge in [-0.2, -0.15) is 0 Å². The van der Waals surface area contributed by atoms with Crippen molar-refractivity contribution in [1.29, 1.82) is 0 Å².